The summed E-state index contributed by atoms with van der Waals surface area (Å²) in [5, 5.41) is 4.83. The maximum Gasteiger partial charge on any atom is 0.416 e. The van der Waals surface area contributed by atoms with Crippen LogP contribution in [0, 0.1) is 6.92 Å². The Morgan fingerprint density at radius 3 is 2.68 bits per heavy atom. The predicted octanol–water partition coefficient (Wildman–Crippen LogP) is 3.62. The number of hydrogen-bond acceptors (Lipinski definition) is 3. The van der Waals surface area contributed by atoms with Gasteiger partial charge in [0.15, 0.2) is 0 Å². The Morgan fingerprint density at radius 1 is 1.27 bits per heavy atom. The minimum absolute atomic E-state index is 0.262. The van der Waals surface area contributed by atoms with Crippen LogP contribution in [0.15, 0.2) is 40.5 Å². The molecule has 3 aromatic rings. The number of hydrogen-bond donors (Lipinski definition) is 1. The summed E-state index contributed by atoms with van der Waals surface area (Å²) in [5.41, 5.74) is 0.439. The Hall–Kier alpha value is -2.35. The summed E-state index contributed by atoms with van der Waals surface area (Å²) in [7, 11) is 0. The number of rotatable bonds is 2. The van der Waals surface area contributed by atoms with Crippen molar-refractivity contribution < 1.29 is 13.2 Å². The van der Waals surface area contributed by atoms with Crippen LogP contribution in [0.1, 0.15) is 11.3 Å². The molecule has 0 aliphatic rings. The number of H-pyrrole nitrogens is 1. The van der Waals surface area contributed by atoms with Crippen molar-refractivity contribution in [1.82, 2.24) is 14.8 Å². The summed E-state index contributed by atoms with van der Waals surface area (Å²) in [6.07, 6.45) is -4.40. The second-order valence-electron chi connectivity index (χ2n) is 4.71. The van der Waals surface area contributed by atoms with Crippen LogP contribution in [-0.4, -0.2) is 14.8 Å². The largest absolute Gasteiger partial charge is 0.416 e. The first-order chi connectivity index (χ1) is 10.3. The van der Waals surface area contributed by atoms with Crippen LogP contribution in [-0.2, 0) is 6.18 Å². The molecule has 8 heteroatoms. The average Bonchev–Trinajstić information content (AvgIpc) is 3.04. The highest BCUT2D eigenvalue weighted by Crippen LogP contribution is 2.32. The van der Waals surface area contributed by atoms with E-state index in [4.69, 9.17) is 0 Å². The van der Waals surface area contributed by atoms with Crippen LogP contribution in [0.25, 0.3) is 16.4 Å². The van der Waals surface area contributed by atoms with Crippen molar-refractivity contribution in [3.05, 3.63) is 57.3 Å². The average molecular weight is 325 g/mol. The molecule has 2 heterocycles. The molecule has 0 fully saturated rings. The van der Waals surface area contributed by atoms with Gasteiger partial charge >= 0.3 is 6.18 Å². The lowest BCUT2D eigenvalue weighted by molar-refractivity contribution is -0.137. The molecule has 114 valence electrons. The number of aromatic nitrogens is 3. The molecule has 2 aromatic heterocycles. The molecule has 0 saturated carbocycles. The summed E-state index contributed by atoms with van der Waals surface area (Å²) in [6.45, 7) is 1.74. The Morgan fingerprint density at radius 2 is 2.05 bits per heavy atom. The molecule has 0 spiro atoms. The summed E-state index contributed by atoms with van der Waals surface area (Å²) in [6, 6.07) is 6.36. The lowest BCUT2D eigenvalue weighted by atomic mass is 10.1. The number of halogens is 3. The fourth-order valence-electron chi connectivity index (χ4n) is 2.01. The fourth-order valence-corrected chi connectivity index (χ4v) is 2.81. The zero-order valence-electron chi connectivity index (χ0n) is 11.3. The lowest BCUT2D eigenvalue weighted by Gasteiger charge is -2.07. The molecule has 0 amide bonds. The van der Waals surface area contributed by atoms with Crippen molar-refractivity contribution in [2.45, 2.75) is 13.1 Å². The van der Waals surface area contributed by atoms with Crippen molar-refractivity contribution in [2.75, 3.05) is 0 Å². The normalized spacial score (nSPS) is 11.8. The van der Waals surface area contributed by atoms with Crippen LogP contribution in [0.3, 0.4) is 0 Å². The van der Waals surface area contributed by atoms with E-state index in [2.05, 4.69) is 10.1 Å². The minimum atomic E-state index is -4.40. The van der Waals surface area contributed by atoms with Gasteiger partial charge in [0.1, 0.15) is 0 Å². The minimum Gasteiger partial charge on any atom is -0.293 e. The number of aryl methyl sites for hydroxylation is 1. The topological polar surface area (TPSA) is 50.7 Å². The Balaban J connectivity index is 2.01. The molecule has 0 saturated heterocycles. The molecule has 0 atom stereocenters. The third-order valence-corrected chi connectivity index (χ3v) is 3.84. The second kappa shape index (κ2) is 5.13. The lowest BCUT2D eigenvalue weighted by Crippen LogP contribution is -2.13. The molecular formula is C14H10F3N3OS. The number of aromatic amines is 1. The first-order valence-corrected chi connectivity index (χ1v) is 7.15. The first-order valence-electron chi connectivity index (χ1n) is 6.27. The number of alkyl halides is 3. The Bertz CT molecular complexity index is 876. The Kier molecular flexibility index (Phi) is 3.40. The first kappa shape index (κ1) is 14.6. The monoisotopic (exact) mass is 325 g/mol. The highest BCUT2D eigenvalue weighted by molar-refractivity contribution is 7.12. The van der Waals surface area contributed by atoms with Gasteiger partial charge in [-0.05, 0) is 19.1 Å². The molecule has 0 aliphatic carbocycles. The maximum atomic E-state index is 12.7. The van der Waals surface area contributed by atoms with Gasteiger partial charge in [-0.1, -0.05) is 12.1 Å². The predicted molar refractivity (Wildman–Crippen MR) is 77.2 cm³/mol. The van der Waals surface area contributed by atoms with E-state index in [1.165, 1.54) is 28.2 Å². The van der Waals surface area contributed by atoms with Gasteiger partial charge in [-0.25, -0.2) is 4.98 Å². The fraction of sp³-hybridized carbons (Fsp3) is 0.143. The van der Waals surface area contributed by atoms with E-state index in [1.807, 2.05) is 0 Å². The highest BCUT2D eigenvalue weighted by Gasteiger charge is 2.30. The molecule has 0 bridgehead atoms. The summed E-state index contributed by atoms with van der Waals surface area (Å²) in [4.78, 5) is 16.0. The smallest absolute Gasteiger partial charge is 0.293 e. The van der Waals surface area contributed by atoms with E-state index in [0.29, 0.717) is 22.1 Å². The SMILES string of the molecule is Cc1cc(=O)n(-c2nc(-c3cccc(C(F)(F)F)c3)cs2)[nH]1. The van der Waals surface area contributed by atoms with Gasteiger partial charge in [-0.2, -0.15) is 17.9 Å². The molecule has 0 aliphatic heterocycles. The van der Waals surface area contributed by atoms with Gasteiger partial charge in [-0.3, -0.25) is 9.89 Å². The van der Waals surface area contributed by atoms with Crippen molar-refractivity contribution in [2.24, 2.45) is 0 Å². The maximum absolute atomic E-state index is 12.7. The number of nitrogens with zero attached hydrogens (tertiary/aromatic N) is 2. The van der Waals surface area contributed by atoms with Crippen LogP contribution in [0.2, 0.25) is 0 Å². The second-order valence-corrected chi connectivity index (χ2v) is 5.54. The Labute approximate surface area is 126 Å². The van der Waals surface area contributed by atoms with Crippen LogP contribution in [0.5, 0.6) is 0 Å². The van der Waals surface area contributed by atoms with E-state index in [9.17, 15) is 18.0 Å². The van der Waals surface area contributed by atoms with Gasteiger partial charge in [0.05, 0.1) is 11.3 Å². The third kappa shape index (κ3) is 2.69. The van der Waals surface area contributed by atoms with E-state index < -0.39 is 11.7 Å². The van der Waals surface area contributed by atoms with E-state index >= 15 is 0 Å². The molecule has 0 unspecified atom stereocenters. The molecule has 1 aromatic carbocycles. The number of thiazole rings is 1. The van der Waals surface area contributed by atoms with E-state index in [0.717, 1.165) is 12.1 Å². The standard InChI is InChI=1S/C14H10F3N3OS/c1-8-5-12(21)20(19-8)13-18-11(7-22-13)9-3-2-4-10(6-9)14(15,16)17/h2-7,19H,1H3. The zero-order valence-corrected chi connectivity index (χ0v) is 12.1. The molecule has 3 rings (SSSR count). The quantitative estimate of drug-likeness (QED) is 0.782. The van der Waals surface area contributed by atoms with Crippen molar-refractivity contribution >= 4 is 11.3 Å². The van der Waals surface area contributed by atoms with Crippen LogP contribution >= 0.6 is 11.3 Å². The van der Waals surface area contributed by atoms with E-state index in [1.54, 1.807) is 18.4 Å². The summed E-state index contributed by atoms with van der Waals surface area (Å²) < 4.78 is 39.5. The summed E-state index contributed by atoms with van der Waals surface area (Å²) in [5.74, 6) is 0. The third-order valence-electron chi connectivity index (χ3n) is 3.02. The van der Waals surface area contributed by atoms with Gasteiger partial charge < -0.3 is 0 Å². The van der Waals surface area contributed by atoms with E-state index in [-0.39, 0.29) is 5.56 Å². The number of benzene rings is 1. The van der Waals surface area contributed by atoms with Gasteiger partial charge in [0, 0.05) is 22.7 Å². The molecular weight excluding hydrogens is 315 g/mol. The van der Waals surface area contributed by atoms with Crippen molar-refractivity contribution in [3.8, 4) is 16.4 Å². The van der Waals surface area contributed by atoms with Crippen molar-refractivity contribution in [3.63, 3.8) is 0 Å². The van der Waals surface area contributed by atoms with Gasteiger partial charge in [0.25, 0.3) is 5.56 Å². The van der Waals surface area contributed by atoms with Gasteiger partial charge in [0.2, 0.25) is 5.13 Å². The molecule has 0 radical (unpaired) electrons. The number of nitrogens with one attached hydrogen (secondary N) is 1. The molecule has 22 heavy (non-hydrogen) atoms. The van der Waals surface area contributed by atoms with Crippen molar-refractivity contribution in [1.29, 1.82) is 0 Å². The van der Waals surface area contributed by atoms with Crippen LogP contribution < -0.4 is 5.56 Å². The highest BCUT2D eigenvalue weighted by atomic mass is 32.1. The van der Waals surface area contributed by atoms with Crippen LogP contribution in [0.4, 0.5) is 13.2 Å². The van der Waals surface area contributed by atoms with Gasteiger partial charge in [-0.15, -0.1) is 11.3 Å². The molecule has 1 N–H and O–H groups in total. The summed E-state index contributed by atoms with van der Waals surface area (Å²) >= 11 is 1.18. The molecule has 4 nitrogen and oxygen atoms in total. The zero-order chi connectivity index (χ0) is 15.9.